The summed E-state index contributed by atoms with van der Waals surface area (Å²) in [7, 11) is -2.24. The fourth-order valence-electron chi connectivity index (χ4n) is 6.85. The molecule has 6 aliphatic heterocycles. The molecule has 0 aliphatic carbocycles. The van der Waals surface area contributed by atoms with Gasteiger partial charge in [-0.25, -0.2) is 4.98 Å². The largest absolute Gasteiger partial charge is 0.439 e. The Balaban J connectivity index is 1.32. The van der Waals surface area contributed by atoms with Gasteiger partial charge in [0.2, 0.25) is 5.88 Å². The van der Waals surface area contributed by atoms with E-state index < -0.39 is 14.9 Å². The van der Waals surface area contributed by atoms with Crippen LogP contribution >= 0.6 is 0 Å². The number of hydrogen-bond acceptors (Lipinski definition) is 6. The van der Waals surface area contributed by atoms with E-state index in [1.807, 2.05) is 12.1 Å². The summed E-state index contributed by atoms with van der Waals surface area (Å²) >= 11 is 0. The van der Waals surface area contributed by atoms with Crippen LogP contribution in [0.3, 0.4) is 0 Å². The Morgan fingerprint density at radius 1 is 0.756 bits per heavy atom. The number of fused-ring (bicyclic) bond motifs is 10. The second-order valence-electron chi connectivity index (χ2n) is 11.5. The SMILES string of the molecule is [2H]C([2H])([2H])c1ccc2c(c1C1=CN3B4C=CC=CN4B4C=CC=CN4B4C=CC=CN4B3C=C1)Oc1ncccc1[Si]2(C)C. The van der Waals surface area contributed by atoms with Gasteiger partial charge in [0, 0.05) is 21.1 Å². The Morgan fingerprint density at radius 3 is 2.05 bits per heavy atom. The van der Waals surface area contributed by atoms with Crippen molar-refractivity contribution in [3.8, 4) is 11.6 Å². The maximum Gasteiger partial charge on any atom is 0.380 e. The van der Waals surface area contributed by atoms with Gasteiger partial charge in [-0.3, -0.25) is 0 Å². The number of pyridine rings is 1. The van der Waals surface area contributed by atoms with Crippen molar-refractivity contribution in [1.29, 1.82) is 0 Å². The molecule has 41 heavy (non-hydrogen) atoms. The van der Waals surface area contributed by atoms with Gasteiger partial charge < -0.3 is 23.6 Å². The lowest BCUT2D eigenvalue weighted by Gasteiger charge is -2.53. The highest BCUT2D eigenvalue weighted by atomic mass is 28.3. The van der Waals surface area contributed by atoms with Gasteiger partial charge in [-0.15, -0.1) is 0 Å². The molecule has 0 radical (unpaired) electrons. The lowest BCUT2D eigenvalue weighted by molar-refractivity contribution is 0.465. The lowest BCUT2D eigenvalue weighted by Crippen LogP contribution is -2.73. The van der Waals surface area contributed by atoms with Crippen LogP contribution < -0.4 is 15.1 Å². The highest BCUT2D eigenvalue weighted by molar-refractivity contribution is 7.01. The van der Waals surface area contributed by atoms with Crippen LogP contribution in [0.1, 0.15) is 15.2 Å². The maximum absolute atomic E-state index is 8.54. The zero-order valence-electron chi connectivity index (χ0n) is 26.0. The Labute approximate surface area is 248 Å². The summed E-state index contributed by atoms with van der Waals surface area (Å²) in [5, 5.41) is 2.19. The molecule has 0 unspecified atom stereocenters. The molecule has 0 saturated carbocycles. The smallest absolute Gasteiger partial charge is 0.380 e. The molecule has 1 fully saturated rings. The lowest BCUT2D eigenvalue weighted by atomic mass is 9.41. The van der Waals surface area contributed by atoms with E-state index in [1.54, 1.807) is 12.3 Å². The molecule has 1 aromatic heterocycles. The molecule has 7 heterocycles. The highest BCUT2D eigenvalue weighted by Gasteiger charge is 2.50. The third-order valence-corrected chi connectivity index (χ3v) is 12.4. The standard InChI is InChI=1S/C30H29B4N5OSi/c1-24-12-13-26-29(40-30-27(41(26,2)3)11-10-19-35-30)28(24)25-14-18-34-38-22-8-5-16-32(38)36-20-7-4-15-31(36)37-21-9-6-17-33(37)39(34)23-25/h4-23H,1-3H3/i1D3. The molecule has 0 amide bonds. The van der Waals surface area contributed by atoms with Crippen molar-refractivity contribution in [3.05, 3.63) is 133 Å². The number of benzene rings is 1. The molecule has 6 aliphatic rings. The van der Waals surface area contributed by atoms with E-state index in [0.717, 1.165) is 15.9 Å². The molecule has 11 heteroatoms. The predicted octanol–water partition coefficient (Wildman–Crippen LogP) is 3.81. The fraction of sp³-hybridized carbons (Fsp3) is 0.100. The topological polar surface area (TPSA) is 35.1 Å². The van der Waals surface area contributed by atoms with Crippen LogP contribution in [0.5, 0.6) is 11.6 Å². The summed E-state index contributed by atoms with van der Waals surface area (Å²) in [4.78, 5) is 4.58. The van der Waals surface area contributed by atoms with Crippen LogP contribution in [-0.4, -0.2) is 59.9 Å². The molecular formula is C30H29B4N5OSi. The minimum absolute atomic E-state index is 0.0151. The zero-order valence-corrected chi connectivity index (χ0v) is 24.0. The van der Waals surface area contributed by atoms with Gasteiger partial charge in [0.25, 0.3) is 0 Å². The first-order chi connectivity index (χ1) is 21.2. The zero-order chi connectivity index (χ0) is 30.2. The predicted molar refractivity (Wildman–Crippen MR) is 175 cm³/mol. The Bertz CT molecular complexity index is 1770. The first kappa shape index (κ1) is 21.5. The summed E-state index contributed by atoms with van der Waals surface area (Å²) in [5.74, 6) is 10.0. The normalized spacial score (nSPS) is 21.9. The molecule has 0 spiro atoms. The quantitative estimate of drug-likeness (QED) is 0.504. The van der Waals surface area contributed by atoms with Crippen molar-refractivity contribution in [2.75, 3.05) is 0 Å². The van der Waals surface area contributed by atoms with Gasteiger partial charge in [-0.1, -0.05) is 79.5 Å². The van der Waals surface area contributed by atoms with E-state index in [9.17, 15) is 0 Å². The molecule has 0 bridgehead atoms. The summed E-state index contributed by atoms with van der Waals surface area (Å²) in [6.45, 7) is 1.93. The minimum atomic E-state index is -2.34. The van der Waals surface area contributed by atoms with E-state index >= 15 is 0 Å². The van der Waals surface area contributed by atoms with Crippen LogP contribution in [-0.2, 0) is 0 Å². The van der Waals surface area contributed by atoms with E-state index in [-0.39, 0.29) is 33.5 Å². The Kier molecular flexibility index (Phi) is 4.80. The van der Waals surface area contributed by atoms with Crippen molar-refractivity contribution in [3.63, 3.8) is 0 Å². The van der Waals surface area contributed by atoms with Crippen LogP contribution in [0.4, 0.5) is 0 Å². The number of hydrogen-bond donors (Lipinski definition) is 0. The van der Waals surface area contributed by atoms with Crippen LogP contribution in [0.25, 0.3) is 5.57 Å². The van der Waals surface area contributed by atoms with Gasteiger partial charge in [-0.2, -0.15) is 0 Å². The van der Waals surface area contributed by atoms with Gasteiger partial charge in [0.05, 0.1) is 0 Å². The first-order valence-electron chi connectivity index (χ1n) is 15.6. The second kappa shape index (κ2) is 9.14. The molecule has 0 N–H and O–H groups in total. The Hall–Kier alpha value is -4.23. The number of ether oxygens (including phenoxy) is 1. The molecule has 196 valence electrons. The van der Waals surface area contributed by atoms with Crippen LogP contribution in [0.15, 0.2) is 122 Å². The van der Waals surface area contributed by atoms with Gasteiger partial charge in [0.15, 0.2) is 0 Å². The second-order valence-corrected chi connectivity index (χ2v) is 15.8. The molecular weight excluding hydrogens is 518 g/mol. The van der Waals surface area contributed by atoms with Crippen molar-refractivity contribution in [2.24, 2.45) is 0 Å². The van der Waals surface area contributed by atoms with E-state index in [4.69, 9.17) is 8.85 Å². The third-order valence-electron chi connectivity index (χ3n) is 8.90. The summed E-state index contributed by atoms with van der Waals surface area (Å²) in [5.41, 5.74) is 1.70. The van der Waals surface area contributed by atoms with Crippen molar-refractivity contribution >= 4 is 52.0 Å². The average molecular weight is 550 g/mol. The van der Waals surface area contributed by atoms with Crippen molar-refractivity contribution in [2.45, 2.75) is 19.9 Å². The number of aromatic nitrogens is 1. The molecule has 1 aromatic carbocycles. The Morgan fingerprint density at radius 2 is 1.39 bits per heavy atom. The summed E-state index contributed by atoms with van der Waals surface area (Å²) in [6, 6.07) is 7.79. The highest BCUT2D eigenvalue weighted by Crippen LogP contribution is 2.39. The summed E-state index contributed by atoms with van der Waals surface area (Å²) < 4.78 is 41.6. The average Bonchev–Trinajstić information content (AvgIpc) is 3.03. The van der Waals surface area contributed by atoms with E-state index in [1.165, 1.54) is 0 Å². The van der Waals surface area contributed by atoms with Crippen molar-refractivity contribution in [1.82, 2.24) is 23.9 Å². The monoisotopic (exact) mass is 550 g/mol. The number of rotatable bonds is 1. The van der Waals surface area contributed by atoms with Crippen LogP contribution in [0.2, 0.25) is 13.1 Å². The van der Waals surface area contributed by atoms with E-state index in [0.29, 0.717) is 17.2 Å². The molecule has 8 rings (SSSR count). The molecule has 2 aromatic rings. The third kappa shape index (κ3) is 3.65. The molecule has 0 atom stereocenters. The van der Waals surface area contributed by atoms with Gasteiger partial charge >= 0.3 is 27.9 Å². The number of nitrogens with zero attached hydrogens (tertiary/aromatic N) is 5. The molecule has 1 saturated heterocycles. The number of allylic oxidation sites excluding steroid dienone is 8. The minimum Gasteiger partial charge on any atom is -0.439 e. The van der Waals surface area contributed by atoms with Crippen LogP contribution in [0, 0.1) is 6.85 Å². The fourth-order valence-corrected chi connectivity index (χ4v) is 9.55. The van der Waals surface area contributed by atoms with Crippen molar-refractivity contribution < 1.29 is 8.85 Å². The van der Waals surface area contributed by atoms with E-state index in [2.05, 4.69) is 134 Å². The summed E-state index contributed by atoms with van der Waals surface area (Å²) in [6.07, 6.45) is 24.9. The molecule has 6 nitrogen and oxygen atoms in total. The maximum atomic E-state index is 8.54. The van der Waals surface area contributed by atoms with Gasteiger partial charge in [-0.05, 0) is 72.3 Å². The van der Waals surface area contributed by atoms with Gasteiger partial charge in [0.1, 0.15) is 13.8 Å². The number of aryl methyl sites for hydroxylation is 1. The first-order valence-corrected chi connectivity index (χ1v) is 17.1.